The van der Waals surface area contributed by atoms with E-state index in [1.54, 1.807) is 42.5 Å². The molecule has 1 aromatic heterocycles. The maximum Gasteiger partial charge on any atom is 0.345 e. The van der Waals surface area contributed by atoms with Crippen LogP contribution in [-0.2, 0) is 4.79 Å². The third-order valence-electron chi connectivity index (χ3n) is 2.59. The molecule has 0 spiro atoms. The molecule has 1 unspecified atom stereocenters. The maximum absolute atomic E-state index is 12.3. The van der Waals surface area contributed by atoms with E-state index >= 15 is 0 Å². The fourth-order valence-electron chi connectivity index (χ4n) is 1.56. The van der Waals surface area contributed by atoms with E-state index in [9.17, 15) is 9.59 Å². The standard InChI is InChI=1S/C14H12N4O3/c15-13(14(20)21)18-17-10-6-2-1-5-9(10)12(19)11-7-3-4-8-16-11/h1-8,13H,15H2,(H,20,21)/b18-17+. The lowest BCUT2D eigenvalue weighted by Crippen LogP contribution is -2.27. The number of pyridine rings is 1. The van der Waals surface area contributed by atoms with Gasteiger partial charge < -0.3 is 5.11 Å². The quantitative estimate of drug-likeness (QED) is 0.640. The lowest BCUT2D eigenvalue weighted by atomic mass is 10.1. The number of hydrogen-bond acceptors (Lipinski definition) is 6. The first-order valence-corrected chi connectivity index (χ1v) is 6.03. The molecule has 7 nitrogen and oxygen atoms in total. The first-order valence-electron chi connectivity index (χ1n) is 6.03. The molecule has 0 saturated carbocycles. The number of carboxylic acids is 1. The van der Waals surface area contributed by atoms with Crippen molar-refractivity contribution in [3.05, 3.63) is 59.9 Å². The van der Waals surface area contributed by atoms with Gasteiger partial charge in [0.2, 0.25) is 11.9 Å². The number of nitrogens with zero attached hydrogens (tertiary/aromatic N) is 3. The number of rotatable bonds is 5. The van der Waals surface area contributed by atoms with Crippen LogP contribution in [0.3, 0.4) is 0 Å². The van der Waals surface area contributed by atoms with Crippen LogP contribution in [-0.4, -0.2) is 28.0 Å². The molecule has 0 amide bonds. The number of carboxylic acid groups (broad SMARTS) is 1. The molecule has 0 bridgehead atoms. The predicted molar refractivity (Wildman–Crippen MR) is 74.2 cm³/mol. The fraction of sp³-hybridized carbons (Fsp3) is 0.0714. The number of nitrogens with two attached hydrogens (primary N) is 1. The zero-order chi connectivity index (χ0) is 15.2. The summed E-state index contributed by atoms with van der Waals surface area (Å²) >= 11 is 0. The van der Waals surface area contributed by atoms with Crippen LogP contribution in [0.4, 0.5) is 5.69 Å². The average Bonchev–Trinajstić information content (AvgIpc) is 2.53. The molecule has 2 aromatic rings. The molecule has 0 saturated heterocycles. The van der Waals surface area contributed by atoms with Crippen molar-refractivity contribution in [1.29, 1.82) is 0 Å². The van der Waals surface area contributed by atoms with Crippen LogP contribution in [0.2, 0.25) is 0 Å². The van der Waals surface area contributed by atoms with E-state index in [4.69, 9.17) is 10.8 Å². The number of azo groups is 1. The Labute approximate surface area is 120 Å². The Morgan fingerprint density at radius 3 is 2.52 bits per heavy atom. The van der Waals surface area contributed by atoms with E-state index in [-0.39, 0.29) is 22.7 Å². The SMILES string of the molecule is NC(/N=N/c1ccccc1C(=O)c1ccccn1)C(=O)O. The van der Waals surface area contributed by atoms with Crippen molar-refractivity contribution in [3.8, 4) is 0 Å². The van der Waals surface area contributed by atoms with Gasteiger partial charge in [0.1, 0.15) is 5.69 Å². The molecule has 21 heavy (non-hydrogen) atoms. The van der Waals surface area contributed by atoms with Gasteiger partial charge in [-0.1, -0.05) is 18.2 Å². The molecule has 2 rings (SSSR count). The maximum atomic E-state index is 12.3. The number of benzene rings is 1. The van der Waals surface area contributed by atoms with Gasteiger partial charge in [-0.3, -0.25) is 15.5 Å². The summed E-state index contributed by atoms with van der Waals surface area (Å²) in [4.78, 5) is 26.9. The van der Waals surface area contributed by atoms with Gasteiger partial charge in [-0.25, -0.2) is 4.79 Å². The van der Waals surface area contributed by atoms with Gasteiger partial charge in [0.25, 0.3) is 0 Å². The monoisotopic (exact) mass is 284 g/mol. The summed E-state index contributed by atoms with van der Waals surface area (Å²) in [7, 11) is 0. The Hall–Kier alpha value is -2.93. The van der Waals surface area contributed by atoms with Crippen LogP contribution in [0, 0.1) is 0 Å². The number of hydrogen-bond donors (Lipinski definition) is 2. The summed E-state index contributed by atoms with van der Waals surface area (Å²) in [6, 6.07) is 11.4. The van der Waals surface area contributed by atoms with E-state index in [1.165, 1.54) is 6.20 Å². The summed E-state index contributed by atoms with van der Waals surface area (Å²) in [5.41, 5.74) is 6.03. The van der Waals surface area contributed by atoms with Gasteiger partial charge >= 0.3 is 5.97 Å². The molecule has 7 heteroatoms. The zero-order valence-corrected chi connectivity index (χ0v) is 10.9. The van der Waals surface area contributed by atoms with Crippen LogP contribution in [0.25, 0.3) is 0 Å². The number of ketones is 1. The van der Waals surface area contributed by atoms with Gasteiger partial charge in [0, 0.05) is 6.20 Å². The lowest BCUT2D eigenvalue weighted by molar-refractivity contribution is -0.138. The molecular formula is C14H12N4O3. The van der Waals surface area contributed by atoms with E-state index in [1.807, 2.05) is 0 Å². The van der Waals surface area contributed by atoms with Crippen molar-refractivity contribution in [1.82, 2.24) is 4.98 Å². The van der Waals surface area contributed by atoms with Crippen LogP contribution in [0.5, 0.6) is 0 Å². The first kappa shape index (κ1) is 14.5. The summed E-state index contributed by atoms with van der Waals surface area (Å²) in [6.45, 7) is 0. The van der Waals surface area contributed by atoms with Crippen molar-refractivity contribution in [2.75, 3.05) is 0 Å². The van der Waals surface area contributed by atoms with Crippen LogP contribution in [0.1, 0.15) is 16.1 Å². The third kappa shape index (κ3) is 3.54. The number of aromatic nitrogens is 1. The normalized spacial score (nSPS) is 12.2. The second-order valence-electron chi connectivity index (χ2n) is 4.06. The van der Waals surface area contributed by atoms with Gasteiger partial charge in [-0.15, -0.1) is 0 Å². The van der Waals surface area contributed by atoms with Crippen molar-refractivity contribution in [3.63, 3.8) is 0 Å². The van der Waals surface area contributed by atoms with Crippen molar-refractivity contribution >= 4 is 17.4 Å². The minimum absolute atomic E-state index is 0.241. The lowest BCUT2D eigenvalue weighted by Gasteiger charge is -2.04. The third-order valence-corrected chi connectivity index (χ3v) is 2.59. The van der Waals surface area contributed by atoms with E-state index in [0.29, 0.717) is 0 Å². The van der Waals surface area contributed by atoms with Crippen LogP contribution < -0.4 is 5.73 Å². The summed E-state index contributed by atoms with van der Waals surface area (Å²) in [5.74, 6) is -1.62. The molecule has 0 fully saturated rings. The number of carbonyl (C=O) groups is 2. The highest BCUT2D eigenvalue weighted by Gasteiger charge is 2.15. The zero-order valence-electron chi connectivity index (χ0n) is 10.9. The van der Waals surface area contributed by atoms with Crippen molar-refractivity contribution in [2.45, 2.75) is 6.17 Å². The van der Waals surface area contributed by atoms with E-state index < -0.39 is 12.1 Å². The predicted octanol–water partition coefficient (Wildman–Crippen LogP) is 1.77. The molecule has 3 N–H and O–H groups in total. The molecule has 1 aromatic carbocycles. The molecule has 1 atom stereocenters. The number of aliphatic carboxylic acids is 1. The Bertz CT molecular complexity index is 686. The molecule has 0 radical (unpaired) electrons. The highest BCUT2D eigenvalue weighted by Crippen LogP contribution is 2.21. The minimum atomic E-state index is -1.47. The van der Waals surface area contributed by atoms with Gasteiger partial charge in [-0.05, 0) is 24.3 Å². The molecule has 0 aliphatic heterocycles. The summed E-state index contributed by atoms with van der Waals surface area (Å²) in [5, 5.41) is 15.9. The second-order valence-corrected chi connectivity index (χ2v) is 4.06. The molecule has 1 heterocycles. The Morgan fingerprint density at radius 1 is 1.14 bits per heavy atom. The highest BCUT2D eigenvalue weighted by molar-refractivity contribution is 6.10. The Morgan fingerprint density at radius 2 is 1.86 bits per heavy atom. The summed E-state index contributed by atoms with van der Waals surface area (Å²) in [6.07, 6.45) is 0.0422. The average molecular weight is 284 g/mol. The second kappa shape index (κ2) is 6.49. The fourth-order valence-corrected chi connectivity index (χ4v) is 1.56. The smallest absolute Gasteiger partial charge is 0.345 e. The largest absolute Gasteiger partial charge is 0.479 e. The number of carbonyl (C=O) groups excluding carboxylic acids is 1. The van der Waals surface area contributed by atoms with E-state index in [2.05, 4.69) is 15.2 Å². The molecular weight excluding hydrogens is 272 g/mol. The van der Waals surface area contributed by atoms with Gasteiger partial charge in [0.05, 0.1) is 11.3 Å². The van der Waals surface area contributed by atoms with Crippen LogP contribution >= 0.6 is 0 Å². The Kier molecular flexibility index (Phi) is 4.47. The summed E-state index contributed by atoms with van der Waals surface area (Å²) < 4.78 is 0. The minimum Gasteiger partial charge on any atom is -0.479 e. The Balaban J connectivity index is 2.33. The first-order chi connectivity index (χ1) is 10.1. The van der Waals surface area contributed by atoms with Gasteiger partial charge in [-0.2, -0.15) is 10.2 Å². The topological polar surface area (TPSA) is 118 Å². The molecule has 0 aliphatic carbocycles. The molecule has 106 valence electrons. The molecule has 0 aliphatic rings. The van der Waals surface area contributed by atoms with Crippen molar-refractivity contribution < 1.29 is 14.7 Å². The van der Waals surface area contributed by atoms with Crippen molar-refractivity contribution in [2.24, 2.45) is 16.0 Å². The van der Waals surface area contributed by atoms with Crippen LogP contribution in [0.15, 0.2) is 58.9 Å². The van der Waals surface area contributed by atoms with E-state index in [0.717, 1.165) is 0 Å². The van der Waals surface area contributed by atoms with Gasteiger partial charge in [0.15, 0.2) is 0 Å². The highest BCUT2D eigenvalue weighted by atomic mass is 16.4.